The van der Waals surface area contributed by atoms with Gasteiger partial charge in [0.15, 0.2) is 10.8 Å². The fraction of sp³-hybridized carbons (Fsp3) is 0.333. The number of halogens is 7. The molecule has 5 aromatic carbocycles. The van der Waals surface area contributed by atoms with E-state index in [0.717, 1.165) is 28.4 Å². The van der Waals surface area contributed by atoms with Gasteiger partial charge in [-0.3, -0.25) is 4.72 Å². The number of aromatic nitrogens is 1. The molecule has 2 aliphatic heterocycles. The first-order valence-electron chi connectivity index (χ1n) is 23.5. The highest BCUT2D eigenvalue weighted by molar-refractivity contribution is 7.99. The van der Waals surface area contributed by atoms with Crippen LogP contribution in [0.1, 0.15) is 25.0 Å². The Morgan fingerprint density at radius 1 is 0.770 bits per heavy atom. The number of rotatable bonds is 17. The molecule has 1 unspecified atom stereocenters. The van der Waals surface area contributed by atoms with E-state index in [-0.39, 0.29) is 21.8 Å². The number of hydrogen-bond donors (Lipinski definition) is 3. The van der Waals surface area contributed by atoms with E-state index in [9.17, 15) is 52.5 Å². The molecule has 23 heteroatoms. The number of aliphatic hydroxyl groups is 1. The molecule has 2 atom stereocenters. The van der Waals surface area contributed by atoms with Crippen LogP contribution >= 0.6 is 23.4 Å². The Bertz CT molecular complexity index is 3190. The van der Waals surface area contributed by atoms with Gasteiger partial charge in [0.25, 0.3) is 19.9 Å². The second-order valence-electron chi connectivity index (χ2n) is 18.0. The molecule has 1 aromatic heterocycles. The number of sulfone groups is 1. The summed E-state index contributed by atoms with van der Waals surface area (Å²) in [7, 11) is -12.4. The molecule has 0 amide bonds. The van der Waals surface area contributed by atoms with Crippen LogP contribution in [-0.2, 0) is 37.7 Å². The number of nitrogens with one attached hydrogen (secondary N) is 2. The van der Waals surface area contributed by atoms with Crippen LogP contribution in [0.3, 0.4) is 0 Å². The van der Waals surface area contributed by atoms with Gasteiger partial charge in [0.2, 0.25) is 0 Å². The number of benzene rings is 5. The average molecular weight is 1120 g/mol. The monoisotopic (exact) mass is 1120 g/mol. The fourth-order valence-electron chi connectivity index (χ4n) is 9.12. The minimum absolute atomic E-state index is 0.0646. The molecule has 2 saturated heterocycles. The lowest BCUT2D eigenvalue weighted by Gasteiger charge is -2.37. The van der Waals surface area contributed by atoms with Crippen LogP contribution in [0.15, 0.2) is 141 Å². The predicted molar refractivity (Wildman–Crippen MR) is 281 cm³/mol. The average Bonchev–Trinajstić information content (AvgIpc) is 3.63. The van der Waals surface area contributed by atoms with Gasteiger partial charge >= 0.3 is 11.0 Å². The minimum atomic E-state index is -6.06. The van der Waals surface area contributed by atoms with Gasteiger partial charge in [-0.05, 0) is 116 Å². The molecule has 74 heavy (non-hydrogen) atoms. The van der Waals surface area contributed by atoms with Crippen LogP contribution in [0.25, 0.3) is 22.4 Å². The number of piperidine rings is 1. The summed E-state index contributed by atoms with van der Waals surface area (Å²) in [6.07, 6.45) is 1.16. The van der Waals surface area contributed by atoms with Gasteiger partial charge in [-0.1, -0.05) is 54.1 Å². The van der Waals surface area contributed by atoms with Crippen LogP contribution < -0.4 is 19.8 Å². The molecule has 3 heterocycles. The van der Waals surface area contributed by atoms with E-state index < -0.39 is 69.3 Å². The quantitative estimate of drug-likeness (QED) is 0.0593. The Balaban J connectivity index is 0.971. The lowest BCUT2D eigenvalue weighted by atomic mass is 10.00. The van der Waals surface area contributed by atoms with Gasteiger partial charge < -0.3 is 29.7 Å². The van der Waals surface area contributed by atoms with Crippen molar-refractivity contribution in [3.05, 3.63) is 132 Å². The largest absolute Gasteiger partial charge is 0.501 e. The van der Waals surface area contributed by atoms with Crippen molar-refractivity contribution in [2.45, 2.75) is 68.9 Å². The maximum Gasteiger partial charge on any atom is 0.501 e. The van der Waals surface area contributed by atoms with Crippen molar-refractivity contribution in [2.24, 2.45) is 7.05 Å². The van der Waals surface area contributed by atoms with Gasteiger partial charge in [0, 0.05) is 103 Å². The summed E-state index contributed by atoms with van der Waals surface area (Å²) in [5.41, 5.74) is -7.76. The number of thioether (sulfide) groups is 1. The molecule has 8 rings (SSSR count). The third-order valence-electron chi connectivity index (χ3n) is 13.2. The van der Waals surface area contributed by atoms with Crippen LogP contribution in [0.5, 0.6) is 0 Å². The minimum Gasteiger partial charge on any atom is -0.393 e. The third kappa shape index (κ3) is 12.5. The Morgan fingerprint density at radius 3 is 2.03 bits per heavy atom. The number of hydrogen-bond acceptors (Lipinski definition) is 11. The summed E-state index contributed by atoms with van der Waals surface area (Å²) in [4.78, 5) is 4.87. The van der Waals surface area contributed by atoms with Gasteiger partial charge in [0.05, 0.1) is 27.3 Å². The second kappa shape index (κ2) is 22.5. The molecular formula is C51H53ClF6N6O6S4. The molecular weight excluding hydrogens is 1070 g/mol. The molecule has 2 fully saturated rings. The first-order valence-corrected chi connectivity index (χ1v) is 29.0. The number of nitrogens with zero attached hydrogens (tertiary/aromatic N) is 4. The van der Waals surface area contributed by atoms with E-state index in [4.69, 9.17) is 11.6 Å². The van der Waals surface area contributed by atoms with E-state index in [1.165, 1.54) is 30.8 Å². The molecule has 0 bridgehead atoms. The van der Waals surface area contributed by atoms with E-state index in [1.54, 1.807) is 66.2 Å². The van der Waals surface area contributed by atoms with Crippen molar-refractivity contribution in [3.63, 3.8) is 0 Å². The van der Waals surface area contributed by atoms with Gasteiger partial charge in [-0.15, -0.1) is 11.8 Å². The number of sulfonamides is 1. The Kier molecular flexibility index (Phi) is 16.8. The molecule has 3 N–H and O–H groups in total. The third-order valence-corrected chi connectivity index (χ3v) is 18.8. The molecule has 0 radical (unpaired) electrons. The molecule has 396 valence electrons. The molecule has 6 aromatic rings. The zero-order valence-electron chi connectivity index (χ0n) is 40.0. The first kappa shape index (κ1) is 55.0. The van der Waals surface area contributed by atoms with Crippen molar-refractivity contribution >= 4 is 76.8 Å². The van der Waals surface area contributed by atoms with E-state index in [0.29, 0.717) is 98.7 Å². The lowest BCUT2D eigenvalue weighted by Crippen LogP contribution is -2.46. The molecule has 2 aliphatic rings. The number of likely N-dealkylation sites (tertiary alicyclic amines) is 1. The maximum absolute atomic E-state index is 14.3. The summed E-state index contributed by atoms with van der Waals surface area (Å²) >= 11 is 7.58. The van der Waals surface area contributed by atoms with E-state index >= 15 is 0 Å². The van der Waals surface area contributed by atoms with Gasteiger partial charge in [0.1, 0.15) is 4.90 Å². The summed E-state index contributed by atoms with van der Waals surface area (Å²) < 4.78 is 156. The van der Waals surface area contributed by atoms with Crippen molar-refractivity contribution in [3.8, 4) is 22.4 Å². The summed E-state index contributed by atoms with van der Waals surface area (Å²) in [5, 5.41) is 13.4. The lowest BCUT2D eigenvalue weighted by molar-refractivity contribution is -0.0436. The Morgan fingerprint density at radius 2 is 1.41 bits per heavy atom. The molecule has 0 saturated carbocycles. The van der Waals surface area contributed by atoms with Crippen molar-refractivity contribution < 1.29 is 52.5 Å². The summed E-state index contributed by atoms with van der Waals surface area (Å²) in [6.45, 7) is 5.24. The summed E-state index contributed by atoms with van der Waals surface area (Å²) in [6, 6.07) is 31.4. The smallest absolute Gasteiger partial charge is 0.393 e. The van der Waals surface area contributed by atoms with Crippen LogP contribution in [0.4, 0.5) is 49.1 Å². The number of alkyl halides is 6. The fourth-order valence-corrected chi connectivity index (χ4v) is 13.4. The van der Waals surface area contributed by atoms with Crippen LogP contribution in [0.2, 0.25) is 5.02 Å². The number of anilines is 4. The van der Waals surface area contributed by atoms with Crippen LogP contribution in [-0.4, -0.2) is 110 Å². The molecule has 12 nitrogen and oxygen atoms in total. The number of aliphatic hydroxyl groups excluding tert-OH is 1. The second-order valence-corrected chi connectivity index (χ2v) is 24.6. The summed E-state index contributed by atoms with van der Waals surface area (Å²) in [5.74, 6) is 0.345. The van der Waals surface area contributed by atoms with Crippen molar-refractivity contribution in [1.29, 1.82) is 0 Å². The van der Waals surface area contributed by atoms with Gasteiger partial charge in [-0.25, -0.2) is 21.0 Å². The Labute approximate surface area is 438 Å². The van der Waals surface area contributed by atoms with Crippen molar-refractivity contribution in [2.75, 3.05) is 71.4 Å². The topological polar surface area (TPSA) is 144 Å². The first-order chi connectivity index (χ1) is 35.0. The Hall–Kier alpha value is -5.23. The normalized spacial score (nSPS) is 16.3. The standard InChI is InChI=1S/C51H53ClF6N6O6S4/c1-34-49(72(66)50(53,54)55)47(48(61(34)2)35-11-13-37(52)14-12-35)36-7-6-8-41(31-36)64-29-27-63(28-30-64)40-17-15-38(16-18-40)60-74(69,70)44-19-20-45(46(32-44)73(67,68)51(56,57)58)59-39(33-71-43-9-4-3-5-10-43)21-24-62-25-22-42(65)23-26-62/h3-20,31-32,39,42,59-60,65H,21-30,33H2,1-2H3/t39-,72?/m1/s1. The highest BCUT2D eigenvalue weighted by atomic mass is 35.5. The number of piperazine rings is 1. The highest BCUT2D eigenvalue weighted by Gasteiger charge is 2.49. The molecule has 0 spiro atoms. The zero-order chi connectivity index (χ0) is 53.2. The van der Waals surface area contributed by atoms with Crippen molar-refractivity contribution in [1.82, 2.24) is 9.47 Å². The van der Waals surface area contributed by atoms with Crippen LogP contribution in [0, 0.1) is 6.92 Å². The van der Waals surface area contributed by atoms with E-state index in [2.05, 4.69) is 19.8 Å². The maximum atomic E-state index is 14.3. The van der Waals surface area contributed by atoms with E-state index in [1.807, 2.05) is 41.3 Å². The SMILES string of the molecule is Cc1c(S(=O)C(F)(F)F)c(-c2cccc(N3CCN(c4ccc(NS(=O)(=O)c5ccc(N[C@H](CCN6CCC(O)CC6)CSc6ccccc6)c(S(=O)(=O)C(F)(F)F)c5)cc4)CC3)c2)c(-c2ccc(Cl)cc2)n1C. The predicted octanol–water partition coefficient (Wildman–Crippen LogP) is 10.8. The zero-order valence-corrected chi connectivity index (χ0v) is 44.1. The van der Waals surface area contributed by atoms with Gasteiger partial charge in [-0.2, -0.15) is 26.3 Å². The highest BCUT2D eigenvalue weighted by Crippen LogP contribution is 2.45. The molecule has 0 aliphatic carbocycles.